The summed E-state index contributed by atoms with van der Waals surface area (Å²) >= 11 is 0. The topological polar surface area (TPSA) is 89.9 Å². The first-order valence-corrected chi connectivity index (χ1v) is 11.9. The van der Waals surface area contributed by atoms with Gasteiger partial charge in [-0.1, -0.05) is 50.3 Å². The summed E-state index contributed by atoms with van der Waals surface area (Å²) in [6, 6.07) is 0. The van der Waals surface area contributed by atoms with E-state index in [1.54, 1.807) is 59.8 Å². The van der Waals surface area contributed by atoms with E-state index in [2.05, 4.69) is 6.58 Å². The van der Waals surface area contributed by atoms with E-state index in [0.717, 1.165) is 5.57 Å². The molecular formula is C28H42O6. The Bertz CT molecular complexity index is 817. The third-order valence-electron chi connectivity index (χ3n) is 5.52. The smallest absolute Gasteiger partial charge is 0.324 e. The van der Waals surface area contributed by atoms with Crippen LogP contribution in [0.2, 0.25) is 0 Å². The molecule has 0 spiro atoms. The Balaban J connectivity index is 3.70. The van der Waals surface area contributed by atoms with Gasteiger partial charge in [0.15, 0.2) is 5.41 Å². The van der Waals surface area contributed by atoms with Crippen LogP contribution >= 0.6 is 0 Å². The van der Waals surface area contributed by atoms with Crippen molar-refractivity contribution in [1.82, 2.24) is 0 Å². The number of ether oxygens (including phenoxy) is 2. The molecule has 0 saturated carbocycles. The fourth-order valence-electron chi connectivity index (χ4n) is 3.59. The maximum absolute atomic E-state index is 13.5. The lowest BCUT2D eigenvalue weighted by atomic mass is 9.78. The van der Waals surface area contributed by atoms with Gasteiger partial charge in [0.2, 0.25) is 0 Å². The second kappa shape index (κ2) is 11.7. The van der Waals surface area contributed by atoms with Gasteiger partial charge in [0.05, 0.1) is 5.92 Å². The van der Waals surface area contributed by atoms with Gasteiger partial charge in [0.25, 0.3) is 0 Å². The van der Waals surface area contributed by atoms with Gasteiger partial charge in [-0.2, -0.15) is 0 Å². The number of hydrogen-bond acceptors (Lipinski definition) is 5. The van der Waals surface area contributed by atoms with Gasteiger partial charge < -0.3 is 14.6 Å². The van der Waals surface area contributed by atoms with Gasteiger partial charge in [-0.15, -0.1) is 6.58 Å². The second-order valence-electron chi connectivity index (χ2n) is 11.2. The molecule has 0 aromatic rings. The van der Waals surface area contributed by atoms with Crippen molar-refractivity contribution in [3.05, 3.63) is 48.6 Å². The average molecular weight is 475 g/mol. The highest BCUT2D eigenvalue weighted by atomic mass is 16.6. The number of aliphatic carboxylic acids is 1. The Labute approximate surface area is 204 Å². The molecule has 0 radical (unpaired) electrons. The van der Waals surface area contributed by atoms with Gasteiger partial charge in [-0.25, -0.2) is 0 Å². The lowest BCUT2D eigenvalue weighted by Crippen LogP contribution is -2.46. The van der Waals surface area contributed by atoms with Crippen molar-refractivity contribution >= 4 is 17.9 Å². The zero-order valence-electron chi connectivity index (χ0n) is 22.0. The summed E-state index contributed by atoms with van der Waals surface area (Å²) in [7, 11) is 0. The quantitative estimate of drug-likeness (QED) is 0.297. The molecule has 34 heavy (non-hydrogen) atoms. The number of carboxylic acid groups (broad SMARTS) is 1. The van der Waals surface area contributed by atoms with Crippen molar-refractivity contribution in [2.24, 2.45) is 23.2 Å². The van der Waals surface area contributed by atoms with Crippen LogP contribution in [0.5, 0.6) is 0 Å². The molecule has 0 saturated heterocycles. The molecule has 0 fully saturated rings. The predicted octanol–water partition coefficient (Wildman–Crippen LogP) is 6.04. The van der Waals surface area contributed by atoms with Crippen LogP contribution in [0.4, 0.5) is 0 Å². The summed E-state index contributed by atoms with van der Waals surface area (Å²) in [5.41, 5.74) is -2.30. The van der Waals surface area contributed by atoms with Crippen LogP contribution < -0.4 is 0 Å². The van der Waals surface area contributed by atoms with E-state index in [0.29, 0.717) is 0 Å². The van der Waals surface area contributed by atoms with Crippen molar-refractivity contribution in [3.63, 3.8) is 0 Å². The summed E-state index contributed by atoms with van der Waals surface area (Å²) in [6.45, 7) is 18.3. The van der Waals surface area contributed by atoms with Crippen LogP contribution in [0, 0.1) is 23.2 Å². The number of esters is 2. The van der Waals surface area contributed by atoms with Crippen LogP contribution in [-0.4, -0.2) is 34.2 Å². The molecule has 0 aliphatic heterocycles. The molecule has 0 aromatic heterocycles. The third kappa shape index (κ3) is 8.62. The normalized spacial score (nSPS) is 25.0. The monoisotopic (exact) mass is 474 g/mol. The van der Waals surface area contributed by atoms with Crippen LogP contribution in [0.1, 0.15) is 74.7 Å². The molecule has 6 nitrogen and oxygen atoms in total. The number of carboxylic acids is 1. The Morgan fingerprint density at radius 2 is 1.56 bits per heavy atom. The predicted molar refractivity (Wildman–Crippen MR) is 134 cm³/mol. The van der Waals surface area contributed by atoms with Crippen molar-refractivity contribution < 1.29 is 29.0 Å². The molecule has 1 rings (SSSR count). The van der Waals surface area contributed by atoms with E-state index < -0.39 is 40.4 Å². The van der Waals surface area contributed by atoms with Crippen LogP contribution in [0.3, 0.4) is 0 Å². The molecule has 0 aromatic carbocycles. The Hall–Kier alpha value is -2.63. The van der Waals surface area contributed by atoms with E-state index in [1.165, 1.54) is 0 Å². The van der Waals surface area contributed by atoms with Gasteiger partial charge in [-0.05, 0) is 72.3 Å². The highest BCUT2D eigenvalue weighted by molar-refractivity contribution is 6.00. The minimum absolute atomic E-state index is 0.0352. The minimum Gasteiger partial charge on any atom is -0.481 e. The van der Waals surface area contributed by atoms with Gasteiger partial charge >= 0.3 is 17.9 Å². The number of allylic oxidation sites excluding steroid dienone is 7. The van der Waals surface area contributed by atoms with Crippen LogP contribution in [0.15, 0.2) is 48.6 Å². The van der Waals surface area contributed by atoms with Gasteiger partial charge in [-0.3, -0.25) is 14.4 Å². The Kier molecular flexibility index (Phi) is 10.1. The first-order valence-electron chi connectivity index (χ1n) is 11.9. The lowest BCUT2D eigenvalue weighted by molar-refractivity contribution is -0.185. The molecule has 6 heteroatoms. The maximum Gasteiger partial charge on any atom is 0.324 e. The zero-order chi connectivity index (χ0) is 26.3. The van der Waals surface area contributed by atoms with Gasteiger partial charge in [0.1, 0.15) is 11.2 Å². The van der Waals surface area contributed by atoms with Gasteiger partial charge in [0, 0.05) is 5.92 Å². The van der Waals surface area contributed by atoms with E-state index in [-0.39, 0.29) is 31.1 Å². The average Bonchev–Trinajstić information content (AvgIpc) is 2.65. The van der Waals surface area contributed by atoms with E-state index in [4.69, 9.17) is 9.47 Å². The summed E-state index contributed by atoms with van der Waals surface area (Å²) in [5, 5.41) is 9.78. The van der Waals surface area contributed by atoms with Crippen molar-refractivity contribution in [2.45, 2.75) is 85.9 Å². The van der Waals surface area contributed by atoms with Crippen molar-refractivity contribution in [3.8, 4) is 0 Å². The standard InChI is InChI=1S/C28H42O6/c1-10-20-14-15-21(19(2)3)16-18-28(24(31)33-26(4,5)6,25(32)34-27(7,8)9)17-12-11-13-22(20)23(29)30/h10-12,14-16,19-20,22H,1,13,17-18H2,2-9H3,(H,29,30)/b12-11+,15-14+,21-16+/t20-,22+/m0/s1. The summed E-state index contributed by atoms with van der Waals surface area (Å²) in [5.74, 6) is -3.23. The van der Waals surface area contributed by atoms with E-state index in [1.807, 2.05) is 32.1 Å². The van der Waals surface area contributed by atoms with Crippen molar-refractivity contribution in [1.29, 1.82) is 0 Å². The van der Waals surface area contributed by atoms with Crippen LogP contribution in [0.25, 0.3) is 0 Å². The molecular weight excluding hydrogens is 432 g/mol. The van der Waals surface area contributed by atoms with Crippen molar-refractivity contribution in [2.75, 3.05) is 0 Å². The lowest BCUT2D eigenvalue weighted by Gasteiger charge is -2.34. The fourth-order valence-corrected chi connectivity index (χ4v) is 3.59. The Morgan fingerprint density at radius 3 is 1.97 bits per heavy atom. The Morgan fingerprint density at radius 1 is 1.03 bits per heavy atom. The molecule has 2 atom stereocenters. The van der Waals surface area contributed by atoms with E-state index >= 15 is 0 Å². The number of carbonyl (C=O) groups excluding carboxylic acids is 2. The number of rotatable bonds is 5. The SMILES string of the molecule is C=C[C@H]1/C=C/C(C(C)C)=C\CC(C(=O)OC(C)(C)C)(C(=O)OC(C)(C)C)C/C=C/C[C@H]1C(=O)O. The molecule has 0 unspecified atom stereocenters. The highest BCUT2D eigenvalue weighted by Gasteiger charge is 2.49. The molecule has 0 heterocycles. The first kappa shape index (κ1) is 29.4. The zero-order valence-corrected chi connectivity index (χ0v) is 22.0. The maximum atomic E-state index is 13.5. The number of carbonyl (C=O) groups is 3. The molecule has 0 bridgehead atoms. The summed E-state index contributed by atoms with van der Waals surface area (Å²) in [6.07, 6.45) is 11.0. The van der Waals surface area contributed by atoms with Crippen LogP contribution in [-0.2, 0) is 23.9 Å². The second-order valence-corrected chi connectivity index (χ2v) is 11.2. The molecule has 1 aliphatic carbocycles. The summed E-state index contributed by atoms with van der Waals surface area (Å²) in [4.78, 5) is 39.0. The van der Waals surface area contributed by atoms with E-state index in [9.17, 15) is 19.5 Å². The molecule has 1 N–H and O–H groups in total. The largest absolute Gasteiger partial charge is 0.481 e. The minimum atomic E-state index is -1.60. The molecule has 1 aliphatic rings. The third-order valence-corrected chi connectivity index (χ3v) is 5.52. The molecule has 0 amide bonds. The molecule has 190 valence electrons. The fraction of sp³-hybridized carbons (Fsp3) is 0.607. The summed E-state index contributed by atoms with van der Waals surface area (Å²) < 4.78 is 11.4. The number of hydrogen-bond donors (Lipinski definition) is 1. The highest BCUT2D eigenvalue weighted by Crippen LogP contribution is 2.37. The first-order chi connectivity index (χ1) is 15.5.